The molecule has 0 saturated carbocycles. The smallest absolute Gasteiger partial charge is 0.00214 e. The Hall–Kier alpha value is -0.720. The minimum Gasteiger partial charge on any atom is -0.405 e. The summed E-state index contributed by atoms with van der Waals surface area (Å²) in [6.45, 7) is 6.22. The second-order valence-corrected chi connectivity index (χ2v) is 2.68. The van der Waals surface area contributed by atoms with Gasteiger partial charge in [0.05, 0.1) is 0 Å². The van der Waals surface area contributed by atoms with Crippen LogP contribution in [0.4, 0.5) is 0 Å². The summed E-state index contributed by atoms with van der Waals surface area (Å²) in [5, 5.41) is 0. The highest BCUT2D eigenvalue weighted by Crippen LogP contribution is 2.17. The van der Waals surface area contributed by atoms with Gasteiger partial charge in [-0.2, -0.15) is 0 Å². The van der Waals surface area contributed by atoms with Crippen molar-refractivity contribution in [3.05, 3.63) is 24.4 Å². The summed E-state index contributed by atoms with van der Waals surface area (Å²) in [5.41, 5.74) is 5.35. The molecule has 0 rings (SSSR count). The molecule has 0 atom stereocenters. The van der Waals surface area contributed by atoms with E-state index < -0.39 is 0 Å². The normalized spacial score (nSPS) is 13.7. The van der Waals surface area contributed by atoms with Gasteiger partial charge in [-0.05, 0) is 13.1 Å². The fourth-order valence-electron chi connectivity index (χ4n) is 0.733. The van der Waals surface area contributed by atoms with E-state index in [2.05, 4.69) is 19.9 Å². The Morgan fingerprint density at radius 3 is 2.11 bits per heavy atom. The van der Waals surface area contributed by atoms with Crippen molar-refractivity contribution in [3.8, 4) is 0 Å². The van der Waals surface area contributed by atoms with Crippen LogP contribution in [0.5, 0.6) is 0 Å². The zero-order chi connectivity index (χ0) is 7.33. The number of rotatable bonds is 2. The summed E-state index contributed by atoms with van der Waals surface area (Å²) in [6, 6.07) is 0. The van der Waals surface area contributed by atoms with Gasteiger partial charge in [0.1, 0.15) is 0 Å². The summed E-state index contributed by atoms with van der Waals surface area (Å²) >= 11 is 0. The van der Waals surface area contributed by atoms with E-state index in [4.69, 9.17) is 5.73 Å². The second-order valence-electron chi connectivity index (χ2n) is 2.68. The molecular weight excluding hydrogens is 110 g/mol. The van der Waals surface area contributed by atoms with Crippen molar-refractivity contribution in [2.75, 3.05) is 0 Å². The molecule has 1 heteroatoms. The first-order valence-electron chi connectivity index (χ1n) is 3.15. The third-order valence-electron chi connectivity index (χ3n) is 1.12. The molecule has 0 fully saturated rings. The first-order valence-corrected chi connectivity index (χ1v) is 3.15. The van der Waals surface area contributed by atoms with Gasteiger partial charge in [-0.25, -0.2) is 0 Å². The summed E-state index contributed by atoms with van der Waals surface area (Å²) in [7, 11) is 0. The van der Waals surface area contributed by atoms with E-state index in [1.54, 1.807) is 6.20 Å². The molecule has 0 aliphatic rings. The third-order valence-corrected chi connectivity index (χ3v) is 1.12. The standard InChI is InChI=1S/C8H15N/c1-4-5-8(2,3)6-7-9/h4-7H,9H2,1-3H3/b5-4+,7-6-. The highest BCUT2D eigenvalue weighted by atomic mass is 14.5. The largest absolute Gasteiger partial charge is 0.405 e. The average molecular weight is 125 g/mol. The molecule has 0 amide bonds. The Morgan fingerprint density at radius 1 is 1.22 bits per heavy atom. The lowest BCUT2D eigenvalue weighted by Crippen LogP contribution is -2.02. The lowest BCUT2D eigenvalue weighted by Gasteiger charge is -2.12. The highest BCUT2D eigenvalue weighted by Gasteiger charge is 2.05. The van der Waals surface area contributed by atoms with Gasteiger partial charge >= 0.3 is 0 Å². The summed E-state index contributed by atoms with van der Waals surface area (Å²) in [5.74, 6) is 0. The van der Waals surface area contributed by atoms with Crippen LogP contribution < -0.4 is 5.73 Å². The van der Waals surface area contributed by atoms with Crippen LogP contribution in [-0.2, 0) is 0 Å². The SMILES string of the molecule is C/C=C/C(C)(C)/C=C\N. The Bertz CT molecular complexity index is 107. The van der Waals surface area contributed by atoms with Gasteiger partial charge in [-0.1, -0.05) is 32.1 Å². The van der Waals surface area contributed by atoms with Crippen molar-refractivity contribution in [2.45, 2.75) is 20.8 Å². The first-order chi connectivity index (χ1) is 4.12. The molecule has 0 aliphatic heterocycles. The van der Waals surface area contributed by atoms with E-state index in [9.17, 15) is 0 Å². The first kappa shape index (κ1) is 8.28. The molecule has 0 aliphatic carbocycles. The zero-order valence-electron chi connectivity index (χ0n) is 6.39. The van der Waals surface area contributed by atoms with Crippen LogP contribution in [0.15, 0.2) is 24.4 Å². The van der Waals surface area contributed by atoms with Gasteiger partial charge in [0.2, 0.25) is 0 Å². The van der Waals surface area contributed by atoms with Gasteiger partial charge in [-0.15, -0.1) is 0 Å². The molecule has 1 nitrogen and oxygen atoms in total. The topological polar surface area (TPSA) is 26.0 Å². The fourth-order valence-corrected chi connectivity index (χ4v) is 0.733. The lowest BCUT2D eigenvalue weighted by molar-refractivity contribution is 0.623. The Kier molecular flexibility index (Phi) is 3.07. The van der Waals surface area contributed by atoms with Crippen LogP contribution in [0.25, 0.3) is 0 Å². The molecule has 0 radical (unpaired) electrons. The van der Waals surface area contributed by atoms with Crippen LogP contribution in [0.1, 0.15) is 20.8 Å². The van der Waals surface area contributed by atoms with Crippen LogP contribution in [-0.4, -0.2) is 0 Å². The molecule has 2 N–H and O–H groups in total. The van der Waals surface area contributed by atoms with Crippen molar-refractivity contribution in [2.24, 2.45) is 11.1 Å². The molecule has 0 aromatic rings. The van der Waals surface area contributed by atoms with Crippen molar-refractivity contribution in [1.29, 1.82) is 0 Å². The van der Waals surface area contributed by atoms with Gasteiger partial charge in [0.25, 0.3) is 0 Å². The molecule has 0 aromatic heterocycles. The van der Waals surface area contributed by atoms with Gasteiger partial charge in [-0.3, -0.25) is 0 Å². The van der Waals surface area contributed by atoms with E-state index in [-0.39, 0.29) is 5.41 Å². The van der Waals surface area contributed by atoms with Crippen molar-refractivity contribution in [3.63, 3.8) is 0 Å². The minimum atomic E-state index is 0.115. The molecule has 0 heterocycles. The number of hydrogen-bond donors (Lipinski definition) is 1. The Labute approximate surface area is 57.3 Å². The fraction of sp³-hybridized carbons (Fsp3) is 0.500. The van der Waals surface area contributed by atoms with Crippen LogP contribution in [0.3, 0.4) is 0 Å². The molecule has 0 bridgehead atoms. The average Bonchev–Trinajstić information content (AvgIpc) is 1.64. The van der Waals surface area contributed by atoms with E-state index in [1.807, 2.05) is 19.1 Å². The molecular formula is C8H15N. The van der Waals surface area contributed by atoms with Gasteiger partial charge in [0.15, 0.2) is 0 Å². The van der Waals surface area contributed by atoms with Gasteiger partial charge in [0, 0.05) is 5.41 Å². The molecule has 9 heavy (non-hydrogen) atoms. The Morgan fingerprint density at radius 2 is 1.78 bits per heavy atom. The van der Waals surface area contributed by atoms with Crippen LogP contribution >= 0.6 is 0 Å². The number of hydrogen-bond acceptors (Lipinski definition) is 1. The van der Waals surface area contributed by atoms with E-state index in [0.717, 1.165) is 0 Å². The highest BCUT2D eigenvalue weighted by molar-refractivity contribution is 5.05. The predicted molar refractivity (Wildman–Crippen MR) is 41.9 cm³/mol. The number of allylic oxidation sites excluding steroid dienone is 3. The van der Waals surface area contributed by atoms with E-state index >= 15 is 0 Å². The maximum absolute atomic E-state index is 5.23. The van der Waals surface area contributed by atoms with E-state index in [0.29, 0.717) is 0 Å². The second kappa shape index (κ2) is 3.33. The molecule has 52 valence electrons. The quantitative estimate of drug-likeness (QED) is 0.562. The minimum absolute atomic E-state index is 0.115. The van der Waals surface area contributed by atoms with Crippen molar-refractivity contribution >= 4 is 0 Å². The predicted octanol–water partition coefficient (Wildman–Crippen LogP) is 2.06. The molecule has 0 unspecified atom stereocenters. The van der Waals surface area contributed by atoms with Crippen molar-refractivity contribution < 1.29 is 0 Å². The lowest BCUT2D eigenvalue weighted by atomic mass is 9.93. The maximum Gasteiger partial charge on any atom is 0.00214 e. The van der Waals surface area contributed by atoms with Crippen LogP contribution in [0.2, 0.25) is 0 Å². The van der Waals surface area contributed by atoms with Crippen LogP contribution in [0, 0.1) is 5.41 Å². The van der Waals surface area contributed by atoms with Crippen molar-refractivity contribution in [1.82, 2.24) is 0 Å². The van der Waals surface area contributed by atoms with E-state index in [1.165, 1.54) is 0 Å². The maximum atomic E-state index is 5.23. The summed E-state index contributed by atoms with van der Waals surface area (Å²) in [6.07, 6.45) is 7.68. The molecule has 0 aromatic carbocycles. The summed E-state index contributed by atoms with van der Waals surface area (Å²) in [4.78, 5) is 0. The number of nitrogens with two attached hydrogens (primary N) is 1. The molecule has 0 spiro atoms. The Balaban J connectivity index is 4.01. The zero-order valence-corrected chi connectivity index (χ0v) is 6.39. The summed E-state index contributed by atoms with van der Waals surface area (Å²) < 4.78 is 0. The third kappa shape index (κ3) is 3.83. The van der Waals surface area contributed by atoms with Gasteiger partial charge < -0.3 is 5.73 Å². The monoisotopic (exact) mass is 125 g/mol. The molecule has 0 saturated heterocycles.